The summed E-state index contributed by atoms with van der Waals surface area (Å²) in [5.41, 5.74) is 3.43. The molecule has 4 rings (SSSR count). The highest BCUT2D eigenvalue weighted by molar-refractivity contribution is 7.16. The van der Waals surface area contributed by atoms with E-state index >= 15 is 0 Å². The molecular formula is C20H19N3OS. The summed E-state index contributed by atoms with van der Waals surface area (Å²) in [6, 6.07) is 18.3. The number of amides is 1. The van der Waals surface area contributed by atoms with Gasteiger partial charge in [-0.05, 0) is 11.6 Å². The van der Waals surface area contributed by atoms with E-state index in [1.54, 1.807) is 6.20 Å². The Balaban J connectivity index is 1.58. The highest BCUT2D eigenvalue weighted by Gasteiger charge is 2.23. The number of rotatable bonds is 2. The summed E-state index contributed by atoms with van der Waals surface area (Å²) in [6.07, 6.45) is 1.70. The van der Waals surface area contributed by atoms with Crippen LogP contribution in [-0.2, 0) is 6.54 Å². The van der Waals surface area contributed by atoms with Crippen molar-refractivity contribution in [2.24, 2.45) is 0 Å². The van der Waals surface area contributed by atoms with Gasteiger partial charge in [-0.15, -0.1) is 11.3 Å². The molecule has 3 aromatic rings. The molecule has 1 aliphatic heterocycles. The Kier molecular flexibility index (Phi) is 4.24. The van der Waals surface area contributed by atoms with Crippen molar-refractivity contribution in [1.29, 1.82) is 0 Å². The third-order valence-electron chi connectivity index (χ3n) is 4.49. The quantitative estimate of drug-likeness (QED) is 0.704. The molecule has 4 nitrogen and oxygen atoms in total. The maximum atomic E-state index is 13.0. The van der Waals surface area contributed by atoms with Gasteiger partial charge in [-0.1, -0.05) is 48.5 Å². The molecule has 0 aliphatic carbocycles. The van der Waals surface area contributed by atoms with Crippen LogP contribution in [0.25, 0.3) is 10.6 Å². The zero-order valence-electron chi connectivity index (χ0n) is 14.1. The second-order valence-electron chi connectivity index (χ2n) is 6.17. The molecule has 0 radical (unpaired) electrons. The van der Waals surface area contributed by atoms with Crippen LogP contribution < -0.4 is 4.90 Å². The van der Waals surface area contributed by atoms with Crippen molar-refractivity contribution in [3.05, 3.63) is 71.2 Å². The van der Waals surface area contributed by atoms with Crippen LogP contribution in [0.15, 0.2) is 60.8 Å². The van der Waals surface area contributed by atoms with Crippen molar-refractivity contribution in [2.75, 3.05) is 25.0 Å². The molecule has 2 heterocycles. The minimum absolute atomic E-state index is 0.0600. The van der Waals surface area contributed by atoms with Crippen LogP contribution in [0, 0.1) is 0 Å². The first-order valence-electron chi connectivity index (χ1n) is 8.32. The van der Waals surface area contributed by atoms with E-state index in [0.29, 0.717) is 18.0 Å². The standard InChI is InChI=1S/C20H19N3OS/c1-22-11-12-23(14-16-9-5-6-10-17(16)22)20(24)18-13-21-19(25-18)15-7-3-2-4-8-15/h2-10,13H,11-12,14H2,1H3. The molecule has 0 fully saturated rings. The zero-order valence-corrected chi connectivity index (χ0v) is 14.9. The van der Waals surface area contributed by atoms with E-state index in [0.717, 1.165) is 17.1 Å². The topological polar surface area (TPSA) is 36.4 Å². The molecule has 0 spiro atoms. The van der Waals surface area contributed by atoms with Crippen molar-refractivity contribution in [1.82, 2.24) is 9.88 Å². The van der Waals surface area contributed by atoms with Crippen molar-refractivity contribution in [3.63, 3.8) is 0 Å². The van der Waals surface area contributed by atoms with Gasteiger partial charge in [0.2, 0.25) is 0 Å². The van der Waals surface area contributed by atoms with Gasteiger partial charge in [-0.2, -0.15) is 0 Å². The fraction of sp³-hybridized carbons (Fsp3) is 0.200. The monoisotopic (exact) mass is 349 g/mol. The second-order valence-corrected chi connectivity index (χ2v) is 7.20. The molecule has 5 heteroatoms. The van der Waals surface area contributed by atoms with Crippen LogP contribution in [-0.4, -0.2) is 35.9 Å². The number of fused-ring (bicyclic) bond motifs is 1. The van der Waals surface area contributed by atoms with Gasteiger partial charge in [0.15, 0.2) is 0 Å². The largest absolute Gasteiger partial charge is 0.373 e. The van der Waals surface area contributed by atoms with Crippen molar-refractivity contribution in [2.45, 2.75) is 6.54 Å². The van der Waals surface area contributed by atoms with E-state index in [-0.39, 0.29) is 5.91 Å². The Labute approximate surface area is 151 Å². The Bertz CT molecular complexity index is 891. The molecule has 1 aliphatic rings. The van der Waals surface area contributed by atoms with E-state index in [9.17, 15) is 4.79 Å². The molecule has 126 valence electrons. The average molecular weight is 349 g/mol. The lowest BCUT2D eigenvalue weighted by molar-refractivity contribution is 0.0756. The Morgan fingerprint density at radius 3 is 2.64 bits per heavy atom. The van der Waals surface area contributed by atoms with Gasteiger partial charge in [0.05, 0.1) is 6.20 Å². The summed E-state index contributed by atoms with van der Waals surface area (Å²) in [7, 11) is 2.08. The fourth-order valence-electron chi connectivity index (χ4n) is 3.11. The molecule has 2 aromatic carbocycles. The lowest BCUT2D eigenvalue weighted by atomic mass is 10.1. The molecular weight excluding hydrogens is 330 g/mol. The van der Waals surface area contributed by atoms with E-state index in [1.165, 1.54) is 22.6 Å². The number of aromatic nitrogens is 1. The molecule has 1 aromatic heterocycles. The normalized spacial score (nSPS) is 14.1. The number of para-hydroxylation sites is 1. The van der Waals surface area contributed by atoms with Gasteiger partial charge in [-0.3, -0.25) is 4.79 Å². The van der Waals surface area contributed by atoms with Crippen LogP contribution in [0.4, 0.5) is 5.69 Å². The molecule has 0 bridgehead atoms. The van der Waals surface area contributed by atoms with Crippen molar-refractivity contribution in [3.8, 4) is 10.6 Å². The summed E-state index contributed by atoms with van der Waals surface area (Å²) < 4.78 is 0. The third-order valence-corrected chi connectivity index (χ3v) is 5.53. The Hall–Kier alpha value is -2.66. The summed E-state index contributed by atoms with van der Waals surface area (Å²) in [6.45, 7) is 2.17. The number of carbonyl (C=O) groups excluding carboxylic acids is 1. The number of hydrogen-bond acceptors (Lipinski definition) is 4. The lowest BCUT2D eigenvalue weighted by Crippen LogP contribution is -2.33. The number of thiazole rings is 1. The third kappa shape index (κ3) is 3.15. The smallest absolute Gasteiger partial charge is 0.265 e. The minimum atomic E-state index is 0.0600. The number of hydrogen-bond donors (Lipinski definition) is 0. The summed E-state index contributed by atoms with van der Waals surface area (Å²) in [5, 5.41) is 0.885. The van der Waals surface area contributed by atoms with E-state index in [4.69, 9.17) is 0 Å². The van der Waals surface area contributed by atoms with Gasteiger partial charge in [0.1, 0.15) is 9.88 Å². The lowest BCUT2D eigenvalue weighted by Gasteiger charge is -2.20. The predicted octanol–water partition coefficient (Wildman–Crippen LogP) is 3.90. The summed E-state index contributed by atoms with van der Waals surface area (Å²) in [4.78, 5) is 22.3. The molecule has 1 amide bonds. The molecule has 25 heavy (non-hydrogen) atoms. The Morgan fingerprint density at radius 1 is 1.04 bits per heavy atom. The number of benzene rings is 2. The minimum Gasteiger partial charge on any atom is -0.373 e. The van der Waals surface area contributed by atoms with Crippen LogP contribution in [0.3, 0.4) is 0 Å². The molecule has 0 N–H and O–H groups in total. The average Bonchev–Trinajstić information content (AvgIpc) is 3.09. The summed E-state index contributed by atoms with van der Waals surface area (Å²) in [5.74, 6) is 0.0600. The van der Waals surface area contributed by atoms with Crippen LogP contribution in [0.1, 0.15) is 15.2 Å². The number of likely N-dealkylation sites (N-methyl/N-ethyl adjacent to an activating group) is 1. The highest BCUT2D eigenvalue weighted by atomic mass is 32.1. The number of anilines is 1. The molecule has 0 saturated carbocycles. The van der Waals surface area contributed by atoms with Crippen LogP contribution >= 0.6 is 11.3 Å². The van der Waals surface area contributed by atoms with Gasteiger partial charge in [-0.25, -0.2) is 4.98 Å². The van der Waals surface area contributed by atoms with Crippen LogP contribution in [0.5, 0.6) is 0 Å². The number of carbonyl (C=O) groups is 1. The maximum Gasteiger partial charge on any atom is 0.265 e. The van der Waals surface area contributed by atoms with E-state index < -0.39 is 0 Å². The van der Waals surface area contributed by atoms with Gasteiger partial charge in [0.25, 0.3) is 5.91 Å². The van der Waals surface area contributed by atoms with Crippen LogP contribution in [0.2, 0.25) is 0 Å². The van der Waals surface area contributed by atoms with Gasteiger partial charge in [0, 0.05) is 37.9 Å². The predicted molar refractivity (Wildman–Crippen MR) is 102 cm³/mol. The fourth-order valence-corrected chi connectivity index (χ4v) is 4.00. The first kappa shape index (κ1) is 15.8. The summed E-state index contributed by atoms with van der Waals surface area (Å²) >= 11 is 1.46. The maximum absolute atomic E-state index is 13.0. The first-order valence-corrected chi connectivity index (χ1v) is 9.13. The van der Waals surface area contributed by atoms with Gasteiger partial charge >= 0.3 is 0 Å². The Morgan fingerprint density at radius 2 is 1.80 bits per heavy atom. The highest BCUT2D eigenvalue weighted by Crippen LogP contribution is 2.28. The van der Waals surface area contributed by atoms with Gasteiger partial charge < -0.3 is 9.80 Å². The first-order chi connectivity index (χ1) is 12.2. The van der Waals surface area contributed by atoms with Crippen molar-refractivity contribution >= 4 is 22.9 Å². The van der Waals surface area contributed by atoms with E-state index in [1.807, 2.05) is 47.4 Å². The van der Waals surface area contributed by atoms with Crippen molar-refractivity contribution < 1.29 is 4.79 Å². The second kappa shape index (κ2) is 6.69. The number of nitrogens with zero attached hydrogens (tertiary/aromatic N) is 3. The molecule has 0 saturated heterocycles. The molecule has 0 atom stereocenters. The SMILES string of the molecule is CN1CCN(C(=O)c2cnc(-c3ccccc3)s2)Cc2ccccc21. The zero-order chi connectivity index (χ0) is 17.2. The van der Waals surface area contributed by atoms with E-state index in [2.05, 4.69) is 29.1 Å². The molecule has 0 unspecified atom stereocenters.